The van der Waals surface area contributed by atoms with Crippen molar-refractivity contribution in [2.45, 2.75) is 0 Å². The Balaban J connectivity index is 1.42. The van der Waals surface area contributed by atoms with Crippen molar-refractivity contribution in [2.75, 3.05) is 31.1 Å². The lowest BCUT2D eigenvalue weighted by molar-refractivity contribution is -0.113. The zero-order chi connectivity index (χ0) is 18.8. The van der Waals surface area contributed by atoms with Crippen LogP contribution in [-0.2, 0) is 4.79 Å². The Bertz CT molecular complexity index is 919. The van der Waals surface area contributed by atoms with E-state index in [9.17, 15) is 15.0 Å². The number of piperazine rings is 1. The van der Waals surface area contributed by atoms with Gasteiger partial charge in [0.1, 0.15) is 11.5 Å². The van der Waals surface area contributed by atoms with Crippen molar-refractivity contribution in [1.29, 1.82) is 0 Å². The summed E-state index contributed by atoms with van der Waals surface area (Å²) in [5, 5.41) is 20.0. The molecule has 1 amide bonds. The second kappa shape index (κ2) is 7.36. The number of phenolic OH excluding ortho intramolecular Hbond substituents is 2. The summed E-state index contributed by atoms with van der Waals surface area (Å²) in [6.45, 7) is 3.34. The van der Waals surface area contributed by atoms with Crippen LogP contribution in [0.3, 0.4) is 0 Å². The van der Waals surface area contributed by atoms with E-state index in [0.717, 1.165) is 26.2 Å². The van der Waals surface area contributed by atoms with Crippen molar-refractivity contribution in [3.05, 3.63) is 59.0 Å². The largest absolute Gasteiger partial charge is 0.508 e. The van der Waals surface area contributed by atoms with Crippen LogP contribution in [0.2, 0.25) is 0 Å². The first kappa shape index (κ1) is 17.5. The van der Waals surface area contributed by atoms with Crippen molar-refractivity contribution in [2.24, 2.45) is 4.99 Å². The topological polar surface area (TPSA) is 76.4 Å². The number of nitrogens with zero attached hydrogens (tertiary/aromatic N) is 3. The molecule has 2 aliphatic rings. The summed E-state index contributed by atoms with van der Waals surface area (Å²) in [6.07, 6.45) is 1.61. The molecule has 2 heterocycles. The maximum absolute atomic E-state index is 12.3. The lowest BCUT2D eigenvalue weighted by atomic mass is 10.2. The van der Waals surface area contributed by atoms with Gasteiger partial charge in [-0.3, -0.25) is 4.79 Å². The van der Waals surface area contributed by atoms with Crippen LogP contribution in [0.25, 0.3) is 6.08 Å². The van der Waals surface area contributed by atoms with Crippen molar-refractivity contribution in [1.82, 2.24) is 4.90 Å². The number of hydrogen-bond acceptors (Lipinski definition) is 6. The predicted molar refractivity (Wildman–Crippen MR) is 108 cm³/mol. The number of phenols is 2. The molecule has 0 atom stereocenters. The minimum Gasteiger partial charge on any atom is -0.508 e. The Morgan fingerprint density at radius 1 is 0.963 bits per heavy atom. The van der Waals surface area contributed by atoms with E-state index < -0.39 is 0 Å². The fraction of sp³-hybridized carbons (Fsp3) is 0.200. The number of benzene rings is 2. The van der Waals surface area contributed by atoms with Crippen LogP contribution in [0.15, 0.2) is 58.4 Å². The van der Waals surface area contributed by atoms with Gasteiger partial charge in [-0.05, 0) is 42.1 Å². The molecule has 0 bridgehead atoms. The smallest absolute Gasteiger partial charge is 0.286 e. The Morgan fingerprint density at radius 3 is 2.37 bits per heavy atom. The number of hydrogen-bond donors (Lipinski definition) is 2. The number of amides is 1. The normalized spacial score (nSPS) is 18.9. The minimum absolute atomic E-state index is 0.0201. The first-order valence-electron chi connectivity index (χ1n) is 8.69. The zero-order valence-electron chi connectivity index (χ0n) is 14.6. The van der Waals surface area contributed by atoms with Gasteiger partial charge in [0.2, 0.25) is 0 Å². The molecule has 2 aliphatic heterocycles. The number of aliphatic imine (C=N–C) groups is 1. The molecular formula is C20H19N3O3S. The molecule has 27 heavy (non-hydrogen) atoms. The quantitative estimate of drug-likeness (QED) is 0.779. The number of para-hydroxylation sites is 1. The second-order valence-electron chi connectivity index (χ2n) is 6.36. The fourth-order valence-corrected chi connectivity index (χ4v) is 4.08. The molecule has 0 unspecified atom stereocenters. The van der Waals surface area contributed by atoms with Gasteiger partial charge < -0.3 is 20.0 Å². The van der Waals surface area contributed by atoms with Crippen LogP contribution in [0, 0.1) is 0 Å². The lowest BCUT2D eigenvalue weighted by Gasteiger charge is -2.36. The van der Waals surface area contributed by atoms with Crippen LogP contribution in [0.5, 0.6) is 11.5 Å². The molecule has 2 N–H and O–H groups in total. The first-order valence-corrected chi connectivity index (χ1v) is 9.51. The van der Waals surface area contributed by atoms with Gasteiger partial charge in [0, 0.05) is 43.5 Å². The third-order valence-electron chi connectivity index (χ3n) is 4.58. The maximum atomic E-state index is 12.3. The van der Waals surface area contributed by atoms with E-state index in [-0.39, 0.29) is 17.4 Å². The number of aromatic hydroxyl groups is 2. The predicted octanol–water partition coefficient (Wildman–Crippen LogP) is 2.89. The highest BCUT2D eigenvalue weighted by atomic mass is 32.2. The first-order chi connectivity index (χ1) is 13.1. The SMILES string of the molecule is O=C1N=C(N2CCN(c3ccccc3)CC2)S/C1=C\c1ccc(O)cc1O. The summed E-state index contributed by atoms with van der Waals surface area (Å²) < 4.78 is 0. The third-order valence-corrected chi connectivity index (χ3v) is 5.63. The molecule has 6 nitrogen and oxygen atoms in total. The average molecular weight is 381 g/mol. The van der Waals surface area contributed by atoms with E-state index in [2.05, 4.69) is 26.9 Å². The number of carbonyl (C=O) groups is 1. The highest BCUT2D eigenvalue weighted by Gasteiger charge is 2.28. The van der Waals surface area contributed by atoms with E-state index in [1.165, 1.54) is 29.6 Å². The van der Waals surface area contributed by atoms with Gasteiger partial charge in [0.25, 0.3) is 5.91 Å². The highest BCUT2D eigenvalue weighted by molar-refractivity contribution is 8.18. The lowest BCUT2D eigenvalue weighted by Crippen LogP contribution is -2.47. The van der Waals surface area contributed by atoms with E-state index in [1.807, 2.05) is 18.2 Å². The van der Waals surface area contributed by atoms with E-state index >= 15 is 0 Å². The molecule has 0 radical (unpaired) electrons. The number of carbonyl (C=O) groups excluding carboxylic acids is 1. The van der Waals surface area contributed by atoms with Gasteiger partial charge in [-0.1, -0.05) is 18.2 Å². The number of rotatable bonds is 2. The molecule has 2 aromatic rings. The van der Waals surface area contributed by atoms with E-state index in [4.69, 9.17) is 0 Å². The summed E-state index contributed by atoms with van der Waals surface area (Å²) in [6, 6.07) is 14.6. The molecule has 0 aliphatic carbocycles. The third kappa shape index (κ3) is 3.78. The van der Waals surface area contributed by atoms with Gasteiger partial charge in [0.15, 0.2) is 5.17 Å². The summed E-state index contributed by atoms with van der Waals surface area (Å²) in [4.78, 5) is 21.4. The zero-order valence-corrected chi connectivity index (χ0v) is 15.4. The highest BCUT2D eigenvalue weighted by Crippen LogP contribution is 2.33. The minimum atomic E-state index is -0.298. The molecule has 1 saturated heterocycles. The van der Waals surface area contributed by atoms with Crippen LogP contribution < -0.4 is 4.90 Å². The average Bonchev–Trinajstić information content (AvgIpc) is 3.05. The van der Waals surface area contributed by atoms with Crippen molar-refractivity contribution in [3.63, 3.8) is 0 Å². The van der Waals surface area contributed by atoms with Gasteiger partial charge >= 0.3 is 0 Å². The Kier molecular flexibility index (Phi) is 4.77. The van der Waals surface area contributed by atoms with E-state index in [0.29, 0.717) is 15.6 Å². The molecule has 4 rings (SSSR count). The van der Waals surface area contributed by atoms with Crippen molar-refractivity contribution in [3.8, 4) is 11.5 Å². The number of amidine groups is 1. The summed E-state index contributed by atoms with van der Waals surface area (Å²) in [5.74, 6) is -0.387. The Labute approximate surface area is 161 Å². The molecule has 138 valence electrons. The molecule has 0 spiro atoms. The Morgan fingerprint density at radius 2 is 1.67 bits per heavy atom. The number of thioether (sulfide) groups is 1. The van der Waals surface area contributed by atoms with Gasteiger partial charge in [-0.2, -0.15) is 4.99 Å². The molecule has 2 aromatic carbocycles. The van der Waals surface area contributed by atoms with Crippen LogP contribution >= 0.6 is 11.8 Å². The standard InChI is InChI=1S/C20H19N3O3S/c24-16-7-6-14(17(25)13-16)12-18-19(26)21-20(27-18)23-10-8-22(9-11-23)15-4-2-1-3-5-15/h1-7,12-13,24-25H,8-11H2/b18-12-. The maximum Gasteiger partial charge on any atom is 0.286 e. The molecular weight excluding hydrogens is 362 g/mol. The molecule has 1 fully saturated rings. The summed E-state index contributed by atoms with van der Waals surface area (Å²) in [7, 11) is 0. The van der Waals surface area contributed by atoms with E-state index in [1.54, 1.807) is 12.1 Å². The summed E-state index contributed by atoms with van der Waals surface area (Å²) >= 11 is 1.33. The van der Waals surface area contributed by atoms with Crippen molar-refractivity contribution < 1.29 is 15.0 Å². The fourth-order valence-electron chi connectivity index (χ4n) is 3.12. The van der Waals surface area contributed by atoms with Gasteiger partial charge in [-0.25, -0.2) is 0 Å². The van der Waals surface area contributed by atoms with Crippen LogP contribution in [0.4, 0.5) is 5.69 Å². The summed E-state index contributed by atoms with van der Waals surface area (Å²) in [5.41, 5.74) is 1.69. The monoisotopic (exact) mass is 381 g/mol. The second-order valence-corrected chi connectivity index (χ2v) is 7.37. The molecule has 0 saturated carbocycles. The van der Waals surface area contributed by atoms with Crippen LogP contribution in [-0.4, -0.2) is 52.4 Å². The molecule has 0 aromatic heterocycles. The van der Waals surface area contributed by atoms with Gasteiger partial charge in [0.05, 0.1) is 4.91 Å². The van der Waals surface area contributed by atoms with Gasteiger partial charge in [-0.15, -0.1) is 0 Å². The number of anilines is 1. The molecule has 7 heteroatoms. The Hall–Kier alpha value is -2.93. The van der Waals surface area contributed by atoms with Crippen molar-refractivity contribution >= 4 is 34.6 Å². The van der Waals surface area contributed by atoms with Crippen LogP contribution in [0.1, 0.15) is 5.56 Å².